The summed E-state index contributed by atoms with van der Waals surface area (Å²) < 4.78 is 156. The largest absolute Gasteiger partial charge is 0.573 e. The van der Waals surface area contributed by atoms with Crippen LogP contribution in [-0.2, 0) is 6.18 Å². The summed E-state index contributed by atoms with van der Waals surface area (Å²) in [7, 11) is 0. The Morgan fingerprint density at radius 2 is 0.730 bits per heavy atom. The van der Waals surface area contributed by atoms with Gasteiger partial charge >= 0.3 is 25.3 Å². The average molecular weight is 1740 g/mol. The van der Waals surface area contributed by atoms with E-state index in [1.54, 1.807) is 56.6 Å². The molecule has 0 atom stereocenters. The maximum Gasteiger partial charge on any atom is 0.573 e. The van der Waals surface area contributed by atoms with Gasteiger partial charge in [0.1, 0.15) is 41.3 Å². The minimum atomic E-state index is -4.78. The predicted molar refractivity (Wildman–Crippen MR) is 476 cm³/mol. The zero-order valence-electron chi connectivity index (χ0n) is 75.7. The van der Waals surface area contributed by atoms with Crippen LogP contribution in [0.3, 0.4) is 0 Å². The van der Waals surface area contributed by atoms with Gasteiger partial charge in [0, 0.05) is 29.4 Å². The number of benzene rings is 9. The van der Waals surface area contributed by atoms with Gasteiger partial charge in [-0.3, -0.25) is 0 Å². The Morgan fingerprint density at radius 3 is 1.12 bits per heavy atom. The minimum Gasteiger partial charge on any atom is -0.406 e. The Labute approximate surface area is 735 Å². The van der Waals surface area contributed by atoms with Gasteiger partial charge in [0.25, 0.3) is 0 Å². The molecule has 24 heteroatoms. The molecule has 0 N–H and O–H groups in total. The van der Waals surface area contributed by atoms with E-state index in [2.05, 4.69) is 196 Å². The highest BCUT2D eigenvalue weighted by Crippen LogP contribution is 2.38. The van der Waals surface area contributed by atoms with Crippen molar-refractivity contribution >= 4 is 0 Å². The van der Waals surface area contributed by atoms with Gasteiger partial charge < -0.3 is 14.2 Å². The Kier molecular flexibility index (Phi) is 41.5. The molecule has 2 aromatic heterocycles. The highest BCUT2D eigenvalue weighted by molar-refractivity contribution is 5.66. The number of hydrogen-bond acceptors (Lipinski definition) is 12. The molecule has 126 heavy (non-hydrogen) atoms. The van der Waals surface area contributed by atoms with Crippen LogP contribution >= 0.6 is 0 Å². The topological polar surface area (TPSA) is 187 Å². The molecule has 0 aliphatic heterocycles. The molecule has 0 saturated carbocycles. The molecule has 11 rings (SSSR count). The molecule has 0 bridgehead atoms. The summed E-state index contributed by atoms with van der Waals surface area (Å²) in [6.07, 6.45) is -15.0. The van der Waals surface area contributed by atoms with Crippen LogP contribution in [0.15, 0.2) is 207 Å². The molecule has 668 valence electrons. The molecule has 0 aliphatic rings. The summed E-state index contributed by atoms with van der Waals surface area (Å²) in [6, 6.07) is 65.8. The Morgan fingerprint density at radius 1 is 0.310 bits per heavy atom. The third-order valence-corrected chi connectivity index (χ3v) is 19.0. The van der Waals surface area contributed by atoms with E-state index in [9.17, 15) is 52.7 Å². The van der Waals surface area contributed by atoms with E-state index in [4.69, 9.17) is 21.0 Å². The molecule has 0 aliphatic carbocycles. The van der Waals surface area contributed by atoms with Crippen molar-refractivity contribution in [2.45, 2.75) is 244 Å². The van der Waals surface area contributed by atoms with Crippen LogP contribution in [0.1, 0.15) is 298 Å². The molecule has 0 fully saturated rings. The SMILES string of the molecule is CC(C)c1cc(C#N)cc(C(C)C)c1C(C)C.CC(C)c1ccc(C#N)c(OC(F)(F)F)c1.CC(C)c1ccc(OC(F)(F)F)c(C#N)c1.CC(C)c1cccc(OC(F)(F)F)c1.CC(C)c1cnc(C#N)nc1.CC(C)c1nc(-c2ccccc2)nc(-c2ccccc2)n1.Cc1cc(-c2ccccc2)cc(C(C)C)c1.Cc1cc(C(F)(F)F)cc(C)c1C(C)C. The van der Waals surface area contributed by atoms with Crippen LogP contribution in [0.4, 0.5) is 52.7 Å². The third kappa shape index (κ3) is 36.0. The van der Waals surface area contributed by atoms with E-state index in [-0.39, 0.29) is 52.3 Å². The molecular weight excluding hydrogens is 1630 g/mol. The maximum absolute atomic E-state index is 12.5. The van der Waals surface area contributed by atoms with Crippen molar-refractivity contribution in [3.8, 4) is 75.4 Å². The Bertz CT molecular complexity index is 5290. The van der Waals surface area contributed by atoms with E-state index in [1.807, 2.05) is 122 Å². The van der Waals surface area contributed by atoms with Gasteiger partial charge in [-0.15, -0.1) is 39.5 Å². The van der Waals surface area contributed by atoms with Crippen LogP contribution in [0.2, 0.25) is 0 Å². The van der Waals surface area contributed by atoms with Crippen LogP contribution in [0.5, 0.6) is 17.2 Å². The summed E-state index contributed by atoms with van der Waals surface area (Å²) in [6.45, 7) is 47.0. The second-order valence-corrected chi connectivity index (χ2v) is 32.7. The van der Waals surface area contributed by atoms with Crippen LogP contribution < -0.4 is 14.2 Å². The summed E-state index contributed by atoms with van der Waals surface area (Å²) in [5.41, 5.74) is 17.4. The lowest BCUT2D eigenvalue weighted by molar-refractivity contribution is -0.275. The van der Waals surface area contributed by atoms with E-state index in [0.717, 1.165) is 67.5 Å². The van der Waals surface area contributed by atoms with Gasteiger partial charge in [0.15, 0.2) is 11.6 Å². The number of halogens is 12. The van der Waals surface area contributed by atoms with E-state index >= 15 is 0 Å². The number of ether oxygens (including phenoxy) is 3. The van der Waals surface area contributed by atoms with E-state index in [1.165, 1.54) is 93.5 Å². The highest BCUT2D eigenvalue weighted by Gasteiger charge is 2.35. The molecule has 0 saturated heterocycles. The number of nitriles is 4. The summed E-state index contributed by atoms with van der Waals surface area (Å²) in [4.78, 5) is 21.5. The van der Waals surface area contributed by atoms with E-state index in [0.29, 0.717) is 35.2 Å². The fourth-order valence-corrected chi connectivity index (χ4v) is 12.6. The second-order valence-electron chi connectivity index (χ2n) is 32.7. The van der Waals surface area contributed by atoms with Gasteiger partial charge in [-0.2, -0.15) is 34.2 Å². The number of alkyl halides is 12. The Balaban J connectivity index is 0.000000303. The zero-order valence-corrected chi connectivity index (χ0v) is 75.7. The predicted octanol–water partition coefficient (Wildman–Crippen LogP) is 30.8. The number of nitrogens with zero attached hydrogens (tertiary/aromatic N) is 9. The van der Waals surface area contributed by atoms with Crippen molar-refractivity contribution in [3.63, 3.8) is 0 Å². The standard InChI is InChI=1S/C18H17N3.C16H23N.C16H18.C12H15F3.2C11H10F3NO.C10H11F3O.C8H9N3/c1-13(2)16-19-17(14-9-5-3-6-10-14)21-18(20-16)15-11-7-4-8-12-15;1-10(2)14-7-13(9-17)8-15(11(3)4)16(14)12(5)6;1-12(2)15-9-13(3)10-16(11-15)14-7-5-4-6-8-14;1-7(2)11-8(3)5-10(6-9(11)4)12(13,14)15;1-7(2)8-3-4-10(9(5-8)6-15)16-11(12,13)14;1-7(2)8-3-4-9(6-15)10(5-8)16-11(12,13)14;1-7(2)8-4-3-5-9(6-8)14-10(11,12)13;1-6(2)7-4-10-8(3-9)11-5-7/h3-13H,1-2H3;7-8,10-12H,1-6H3;4-12H,1-3H3;5-7H,1-4H3;2*3-5,7H,1-2H3;3-7H,1-2H3;4-6H,1-2H3. The molecule has 0 radical (unpaired) electrons. The average Bonchev–Trinajstić information content (AvgIpc) is 0.808. The molecule has 9 aromatic carbocycles. The number of aromatic nitrogens is 5. The van der Waals surface area contributed by atoms with Crippen molar-refractivity contribution in [1.82, 2.24) is 24.9 Å². The van der Waals surface area contributed by atoms with Crippen molar-refractivity contribution in [2.75, 3.05) is 0 Å². The molecule has 11 aromatic rings. The molecule has 12 nitrogen and oxygen atoms in total. The van der Waals surface area contributed by atoms with Crippen molar-refractivity contribution < 1.29 is 66.9 Å². The van der Waals surface area contributed by atoms with Crippen LogP contribution in [0.25, 0.3) is 33.9 Å². The fourth-order valence-electron chi connectivity index (χ4n) is 12.6. The van der Waals surface area contributed by atoms with Gasteiger partial charge in [0.05, 0.1) is 28.3 Å². The van der Waals surface area contributed by atoms with Crippen LogP contribution in [0, 0.1) is 66.1 Å². The first kappa shape index (κ1) is 106. The van der Waals surface area contributed by atoms with Crippen molar-refractivity contribution in [2.24, 2.45) is 0 Å². The number of aryl methyl sites for hydroxylation is 3. The molecular formula is C102H113F12N9O3. The van der Waals surface area contributed by atoms with Gasteiger partial charge in [-0.05, 0) is 207 Å². The van der Waals surface area contributed by atoms with E-state index < -0.39 is 42.3 Å². The lowest BCUT2D eigenvalue weighted by atomic mass is 9.82. The summed E-state index contributed by atoms with van der Waals surface area (Å²) in [5, 5.41) is 34.9. The summed E-state index contributed by atoms with van der Waals surface area (Å²) in [5.74, 6) is 4.83. The van der Waals surface area contributed by atoms with Gasteiger partial charge in [-0.1, -0.05) is 277 Å². The van der Waals surface area contributed by atoms with Crippen molar-refractivity contribution in [1.29, 1.82) is 21.0 Å². The van der Waals surface area contributed by atoms with Crippen molar-refractivity contribution in [3.05, 3.63) is 307 Å². The minimum absolute atomic E-state index is 0.0725. The second kappa shape index (κ2) is 49.3. The third-order valence-electron chi connectivity index (χ3n) is 19.0. The first-order valence-electron chi connectivity index (χ1n) is 41.3. The molecule has 0 spiro atoms. The van der Waals surface area contributed by atoms with Gasteiger partial charge in [-0.25, -0.2) is 24.9 Å². The fraction of sp³-hybridized carbons (Fsp3) is 0.363. The normalized spacial score (nSPS) is 11.2. The Hall–Kier alpha value is -12.4. The first-order valence-corrected chi connectivity index (χ1v) is 41.3. The number of rotatable bonds is 16. The molecule has 2 heterocycles. The smallest absolute Gasteiger partial charge is 0.406 e. The first-order chi connectivity index (χ1) is 58.8. The highest BCUT2D eigenvalue weighted by atomic mass is 19.4. The van der Waals surface area contributed by atoms with Gasteiger partial charge in [0.2, 0.25) is 5.82 Å². The lowest BCUT2D eigenvalue weighted by Gasteiger charge is -2.22. The maximum atomic E-state index is 12.5. The number of hydrogen-bond donors (Lipinski definition) is 0. The van der Waals surface area contributed by atoms with Crippen LogP contribution in [-0.4, -0.2) is 44.0 Å². The monoisotopic (exact) mass is 1740 g/mol. The summed E-state index contributed by atoms with van der Waals surface area (Å²) >= 11 is 0. The zero-order chi connectivity index (χ0) is 94.9. The molecule has 0 amide bonds. The lowest BCUT2D eigenvalue weighted by Crippen LogP contribution is -2.18. The molecule has 0 unspecified atom stereocenters. The quantitative estimate of drug-likeness (QED) is 0.0834.